The lowest BCUT2D eigenvalue weighted by Crippen LogP contribution is -2.28. The molecule has 0 aliphatic heterocycles. The van der Waals surface area contributed by atoms with Crippen molar-refractivity contribution in [3.8, 4) is 5.75 Å². The van der Waals surface area contributed by atoms with E-state index in [9.17, 15) is 9.18 Å². The maximum Gasteiger partial charge on any atom is 0.223 e. The molecule has 0 unspecified atom stereocenters. The Morgan fingerprint density at radius 2 is 2.22 bits per heavy atom. The normalized spacial score (nSPS) is 23.3. The Kier molecular flexibility index (Phi) is 3.55. The van der Waals surface area contributed by atoms with Gasteiger partial charge in [0.05, 0.1) is 13.2 Å². The molecule has 1 aromatic rings. The molecule has 4 heteroatoms. The summed E-state index contributed by atoms with van der Waals surface area (Å²) in [6.07, 6.45) is 0.954. The highest BCUT2D eigenvalue weighted by Crippen LogP contribution is 2.38. The molecule has 18 heavy (non-hydrogen) atoms. The second-order valence-corrected chi connectivity index (χ2v) is 4.94. The summed E-state index contributed by atoms with van der Waals surface area (Å²) in [4.78, 5) is 11.8. The number of halogens is 1. The van der Waals surface area contributed by atoms with E-state index in [4.69, 9.17) is 4.74 Å². The van der Waals surface area contributed by atoms with Crippen LogP contribution in [-0.4, -0.2) is 13.0 Å². The number of methoxy groups -OCH3 is 1. The average molecular weight is 251 g/mol. The minimum absolute atomic E-state index is 0.0613. The number of carbonyl (C=O) groups is 1. The molecule has 2 rings (SSSR count). The lowest BCUT2D eigenvalue weighted by Gasteiger charge is -2.15. The van der Waals surface area contributed by atoms with Crippen molar-refractivity contribution in [2.75, 3.05) is 7.11 Å². The molecule has 1 saturated carbocycles. The number of hydrogen-bond donors (Lipinski definition) is 1. The molecule has 1 aliphatic carbocycles. The van der Waals surface area contributed by atoms with Crippen molar-refractivity contribution in [3.63, 3.8) is 0 Å². The first-order chi connectivity index (χ1) is 8.52. The zero-order valence-electron chi connectivity index (χ0n) is 10.9. The molecule has 1 N–H and O–H groups in total. The average Bonchev–Trinajstić information content (AvgIpc) is 3.06. The Morgan fingerprint density at radius 3 is 2.72 bits per heavy atom. The van der Waals surface area contributed by atoms with Gasteiger partial charge in [-0.3, -0.25) is 4.79 Å². The first-order valence-corrected chi connectivity index (χ1v) is 6.16. The predicted octanol–water partition coefficient (Wildman–Crippen LogP) is 2.67. The predicted molar refractivity (Wildman–Crippen MR) is 66.8 cm³/mol. The van der Waals surface area contributed by atoms with E-state index in [1.54, 1.807) is 12.1 Å². The third-order valence-corrected chi connectivity index (χ3v) is 3.48. The Labute approximate surface area is 106 Å². The van der Waals surface area contributed by atoms with Crippen molar-refractivity contribution >= 4 is 5.91 Å². The molecular weight excluding hydrogens is 233 g/mol. The lowest BCUT2D eigenvalue weighted by molar-refractivity contribution is -0.123. The standard InChI is InChI=1S/C14H18FNO2/c1-8-6-11(8)14(17)16-9(2)10-4-5-13(18-3)12(15)7-10/h4-5,7-9,11H,6H2,1-3H3,(H,16,17)/t8-,9+,11+/m1/s1. The van der Waals surface area contributed by atoms with Crippen LogP contribution in [0.5, 0.6) is 5.75 Å². The number of ether oxygens (including phenoxy) is 1. The van der Waals surface area contributed by atoms with Crippen molar-refractivity contribution in [1.29, 1.82) is 0 Å². The van der Waals surface area contributed by atoms with E-state index in [1.165, 1.54) is 13.2 Å². The molecule has 3 nitrogen and oxygen atoms in total. The summed E-state index contributed by atoms with van der Waals surface area (Å²) in [5, 5.41) is 2.91. The fourth-order valence-corrected chi connectivity index (χ4v) is 2.04. The van der Waals surface area contributed by atoms with Crippen LogP contribution < -0.4 is 10.1 Å². The molecule has 98 valence electrons. The van der Waals surface area contributed by atoms with Crippen molar-refractivity contribution in [1.82, 2.24) is 5.32 Å². The van der Waals surface area contributed by atoms with Gasteiger partial charge in [0.2, 0.25) is 5.91 Å². The van der Waals surface area contributed by atoms with Crippen molar-refractivity contribution in [2.24, 2.45) is 11.8 Å². The van der Waals surface area contributed by atoms with E-state index in [0.717, 1.165) is 12.0 Å². The summed E-state index contributed by atoms with van der Waals surface area (Å²) in [5.41, 5.74) is 0.745. The molecule has 0 heterocycles. The fraction of sp³-hybridized carbons (Fsp3) is 0.500. The molecule has 0 radical (unpaired) electrons. The van der Waals surface area contributed by atoms with Crippen LogP contribution in [0.25, 0.3) is 0 Å². The van der Waals surface area contributed by atoms with Gasteiger partial charge >= 0.3 is 0 Å². The molecular formula is C14H18FNO2. The summed E-state index contributed by atoms with van der Waals surface area (Å²) < 4.78 is 18.4. The van der Waals surface area contributed by atoms with E-state index >= 15 is 0 Å². The number of amides is 1. The van der Waals surface area contributed by atoms with Crippen LogP contribution in [0.1, 0.15) is 31.9 Å². The second-order valence-electron chi connectivity index (χ2n) is 4.94. The Hall–Kier alpha value is -1.58. The zero-order chi connectivity index (χ0) is 13.3. The zero-order valence-corrected chi connectivity index (χ0v) is 10.9. The van der Waals surface area contributed by atoms with Crippen LogP contribution in [0.2, 0.25) is 0 Å². The third kappa shape index (κ3) is 2.63. The van der Waals surface area contributed by atoms with Gasteiger partial charge in [0.1, 0.15) is 0 Å². The van der Waals surface area contributed by atoms with Gasteiger partial charge in [-0.15, -0.1) is 0 Å². The quantitative estimate of drug-likeness (QED) is 0.893. The molecule has 0 spiro atoms. The van der Waals surface area contributed by atoms with E-state index in [0.29, 0.717) is 5.92 Å². The molecule has 1 fully saturated rings. The minimum Gasteiger partial charge on any atom is -0.494 e. The summed E-state index contributed by atoms with van der Waals surface area (Å²) in [5.74, 6) is 0.482. The van der Waals surface area contributed by atoms with Gasteiger partial charge < -0.3 is 10.1 Å². The van der Waals surface area contributed by atoms with Crippen molar-refractivity contribution in [2.45, 2.75) is 26.3 Å². The second kappa shape index (κ2) is 4.96. The van der Waals surface area contributed by atoms with Gasteiger partial charge in [0.25, 0.3) is 0 Å². The highest BCUT2D eigenvalue weighted by atomic mass is 19.1. The number of rotatable bonds is 4. The molecule has 0 aromatic heterocycles. The van der Waals surface area contributed by atoms with Gasteiger partial charge in [-0.05, 0) is 37.0 Å². The number of hydrogen-bond acceptors (Lipinski definition) is 2. The number of benzene rings is 1. The van der Waals surface area contributed by atoms with Crippen LogP contribution in [0.3, 0.4) is 0 Å². The monoisotopic (exact) mass is 251 g/mol. The molecule has 3 atom stereocenters. The van der Waals surface area contributed by atoms with Gasteiger partial charge in [0.15, 0.2) is 11.6 Å². The van der Waals surface area contributed by atoms with Gasteiger partial charge in [-0.2, -0.15) is 0 Å². The molecule has 0 bridgehead atoms. The van der Waals surface area contributed by atoms with Crippen molar-refractivity contribution in [3.05, 3.63) is 29.6 Å². The molecule has 1 amide bonds. The van der Waals surface area contributed by atoms with Crippen LogP contribution in [-0.2, 0) is 4.79 Å². The van der Waals surface area contributed by atoms with Gasteiger partial charge in [-0.1, -0.05) is 13.0 Å². The van der Waals surface area contributed by atoms with Crippen LogP contribution >= 0.6 is 0 Å². The Bertz CT molecular complexity index is 461. The van der Waals surface area contributed by atoms with Crippen LogP contribution in [0, 0.1) is 17.7 Å². The summed E-state index contributed by atoms with van der Waals surface area (Å²) in [7, 11) is 1.43. The summed E-state index contributed by atoms with van der Waals surface area (Å²) in [6.45, 7) is 3.91. The van der Waals surface area contributed by atoms with Crippen LogP contribution in [0.4, 0.5) is 4.39 Å². The molecule has 0 saturated heterocycles. The first-order valence-electron chi connectivity index (χ1n) is 6.16. The highest BCUT2D eigenvalue weighted by Gasteiger charge is 2.39. The van der Waals surface area contributed by atoms with E-state index in [-0.39, 0.29) is 23.6 Å². The lowest BCUT2D eigenvalue weighted by atomic mass is 10.1. The summed E-state index contributed by atoms with van der Waals surface area (Å²) >= 11 is 0. The third-order valence-electron chi connectivity index (χ3n) is 3.48. The maximum atomic E-state index is 13.5. The smallest absolute Gasteiger partial charge is 0.223 e. The fourth-order valence-electron chi connectivity index (χ4n) is 2.04. The minimum atomic E-state index is -0.407. The largest absolute Gasteiger partial charge is 0.494 e. The van der Waals surface area contributed by atoms with E-state index < -0.39 is 5.82 Å². The maximum absolute atomic E-state index is 13.5. The first kappa shape index (κ1) is 12.9. The molecule has 1 aliphatic rings. The summed E-state index contributed by atoms with van der Waals surface area (Å²) in [6, 6.07) is 4.56. The number of carbonyl (C=O) groups excluding carboxylic acids is 1. The Balaban J connectivity index is 2.02. The SMILES string of the molecule is COc1ccc([C@H](C)NC(=O)[C@H]2C[C@H]2C)cc1F. The van der Waals surface area contributed by atoms with E-state index in [1.807, 2.05) is 6.92 Å². The van der Waals surface area contributed by atoms with Crippen LogP contribution in [0.15, 0.2) is 18.2 Å². The van der Waals surface area contributed by atoms with E-state index in [2.05, 4.69) is 12.2 Å². The number of nitrogens with one attached hydrogen (secondary N) is 1. The Morgan fingerprint density at radius 1 is 1.56 bits per heavy atom. The molecule has 1 aromatic carbocycles. The highest BCUT2D eigenvalue weighted by molar-refractivity contribution is 5.81. The van der Waals surface area contributed by atoms with Gasteiger partial charge in [0, 0.05) is 5.92 Å². The van der Waals surface area contributed by atoms with Gasteiger partial charge in [-0.25, -0.2) is 4.39 Å². The topological polar surface area (TPSA) is 38.3 Å². The van der Waals surface area contributed by atoms with Crippen molar-refractivity contribution < 1.29 is 13.9 Å².